The van der Waals surface area contributed by atoms with Gasteiger partial charge in [0.2, 0.25) is 0 Å². The molecule has 0 spiro atoms. The molecular formula is C21H24ClN3O. The summed E-state index contributed by atoms with van der Waals surface area (Å²) < 4.78 is 6.28. The first-order valence-corrected chi connectivity index (χ1v) is 9.36. The molecule has 1 aliphatic rings. The fraction of sp³-hybridized carbons (Fsp3) is 0.286. The summed E-state index contributed by atoms with van der Waals surface area (Å²) in [5.41, 5.74) is 3.95. The molecular weight excluding hydrogens is 346 g/mol. The van der Waals surface area contributed by atoms with Crippen molar-refractivity contribution in [3.05, 3.63) is 77.1 Å². The van der Waals surface area contributed by atoms with Crippen LogP contribution in [0.4, 0.5) is 0 Å². The van der Waals surface area contributed by atoms with Gasteiger partial charge < -0.3 is 10.1 Å². The number of halogens is 1. The summed E-state index contributed by atoms with van der Waals surface area (Å²) in [5.74, 6) is 0. The second-order valence-corrected chi connectivity index (χ2v) is 6.36. The zero-order valence-corrected chi connectivity index (χ0v) is 15.9. The summed E-state index contributed by atoms with van der Waals surface area (Å²) in [4.78, 5) is 0. The van der Waals surface area contributed by atoms with E-state index >= 15 is 0 Å². The maximum Gasteiger partial charge on any atom is 0.130 e. The van der Waals surface area contributed by atoms with Gasteiger partial charge in [0.05, 0.1) is 12.8 Å². The summed E-state index contributed by atoms with van der Waals surface area (Å²) in [6.07, 6.45) is 3.71. The Morgan fingerprint density at radius 2 is 1.62 bits per heavy atom. The van der Waals surface area contributed by atoms with Crippen molar-refractivity contribution in [2.75, 3.05) is 19.7 Å². The normalized spacial score (nSPS) is 19.5. The van der Waals surface area contributed by atoms with Crippen LogP contribution in [0, 0.1) is 0 Å². The fourth-order valence-corrected chi connectivity index (χ4v) is 3.34. The van der Waals surface area contributed by atoms with Crippen molar-refractivity contribution < 1.29 is 4.74 Å². The molecule has 26 heavy (non-hydrogen) atoms. The van der Waals surface area contributed by atoms with Gasteiger partial charge in [0.25, 0.3) is 0 Å². The highest BCUT2D eigenvalue weighted by molar-refractivity contribution is 6.30. The number of H-pyrrole nitrogens is 1. The van der Waals surface area contributed by atoms with Crippen LogP contribution in [0.3, 0.4) is 0 Å². The highest BCUT2D eigenvalue weighted by Gasteiger charge is 2.37. The van der Waals surface area contributed by atoms with Crippen LogP contribution >= 0.6 is 11.6 Å². The first kappa shape index (κ1) is 18.6. The number of aromatic nitrogens is 2. The smallest absolute Gasteiger partial charge is 0.130 e. The molecule has 1 unspecified atom stereocenters. The van der Waals surface area contributed by atoms with E-state index in [2.05, 4.69) is 39.8 Å². The van der Waals surface area contributed by atoms with E-state index < -0.39 is 5.60 Å². The molecule has 5 heteroatoms. The maximum absolute atomic E-state index is 6.28. The molecule has 3 aromatic rings. The van der Waals surface area contributed by atoms with Crippen molar-refractivity contribution in [3.8, 4) is 11.1 Å². The number of hydrogen-bond donors (Lipinski definition) is 2. The van der Waals surface area contributed by atoms with E-state index in [9.17, 15) is 0 Å². The zero-order chi connectivity index (χ0) is 18.4. The lowest BCUT2D eigenvalue weighted by atomic mass is 9.84. The van der Waals surface area contributed by atoms with Crippen LogP contribution in [-0.4, -0.2) is 29.9 Å². The van der Waals surface area contributed by atoms with Crippen LogP contribution in [-0.2, 0) is 10.3 Å². The molecule has 4 rings (SSSR count). The van der Waals surface area contributed by atoms with Crippen LogP contribution in [0.2, 0.25) is 5.02 Å². The van der Waals surface area contributed by atoms with Crippen molar-refractivity contribution in [1.82, 2.24) is 15.5 Å². The van der Waals surface area contributed by atoms with Crippen LogP contribution < -0.4 is 5.32 Å². The molecule has 136 valence electrons. The second kappa shape index (κ2) is 8.49. The predicted molar refractivity (Wildman–Crippen MR) is 106 cm³/mol. The van der Waals surface area contributed by atoms with Crippen molar-refractivity contribution in [3.63, 3.8) is 0 Å². The van der Waals surface area contributed by atoms with E-state index in [-0.39, 0.29) is 0 Å². The zero-order valence-electron chi connectivity index (χ0n) is 15.1. The van der Waals surface area contributed by atoms with Crippen LogP contribution in [0.5, 0.6) is 0 Å². The third-order valence-electron chi connectivity index (χ3n) is 4.49. The Labute approximate surface area is 159 Å². The van der Waals surface area contributed by atoms with Crippen molar-refractivity contribution in [2.45, 2.75) is 19.4 Å². The van der Waals surface area contributed by atoms with Gasteiger partial charge in [-0.1, -0.05) is 61.8 Å². The number of morpholine rings is 1. The average molecular weight is 370 g/mol. The largest absolute Gasteiger partial charge is 0.363 e. The van der Waals surface area contributed by atoms with Gasteiger partial charge in [-0.05, 0) is 28.8 Å². The number of aromatic amines is 1. The van der Waals surface area contributed by atoms with E-state index in [4.69, 9.17) is 16.3 Å². The van der Waals surface area contributed by atoms with E-state index in [0.29, 0.717) is 6.61 Å². The molecule has 0 aliphatic carbocycles. The Morgan fingerprint density at radius 3 is 2.15 bits per heavy atom. The van der Waals surface area contributed by atoms with Crippen molar-refractivity contribution in [1.29, 1.82) is 0 Å². The summed E-state index contributed by atoms with van der Waals surface area (Å²) >= 11 is 6.05. The first-order chi connectivity index (χ1) is 12.8. The first-order valence-electron chi connectivity index (χ1n) is 8.98. The van der Waals surface area contributed by atoms with E-state index in [1.807, 2.05) is 50.5 Å². The maximum atomic E-state index is 6.28. The lowest BCUT2D eigenvalue weighted by Crippen LogP contribution is -2.48. The second-order valence-electron chi connectivity index (χ2n) is 5.92. The fourth-order valence-electron chi connectivity index (χ4n) is 3.21. The lowest BCUT2D eigenvalue weighted by Gasteiger charge is -2.39. The van der Waals surface area contributed by atoms with Gasteiger partial charge in [0, 0.05) is 29.9 Å². The van der Waals surface area contributed by atoms with E-state index in [1.165, 1.54) is 0 Å². The third kappa shape index (κ3) is 3.68. The van der Waals surface area contributed by atoms with Gasteiger partial charge in [-0.3, -0.25) is 5.10 Å². The summed E-state index contributed by atoms with van der Waals surface area (Å²) in [6.45, 7) is 6.27. The number of nitrogens with one attached hydrogen (secondary N) is 2. The Balaban J connectivity index is 0.000000948. The molecule has 1 atom stereocenters. The Morgan fingerprint density at radius 1 is 0.962 bits per heavy atom. The minimum Gasteiger partial charge on any atom is -0.363 e. The molecule has 1 aliphatic heterocycles. The minimum atomic E-state index is -0.488. The minimum absolute atomic E-state index is 0.488. The molecule has 0 amide bonds. The predicted octanol–water partition coefficient (Wildman–Crippen LogP) is 4.62. The van der Waals surface area contributed by atoms with Crippen molar-refractivity contribution >= 4 is 11.6 Å². The number of rotatable bonds is 3. The summed E-state index contributed by atoms with van der Waals surface area (Å²) in [7, 11) is 0. The number of nitrogens with zero attached hydrogens (tertiary/aromatic N) is 1. The SMILES string of the molecule is CC.Clc1ccc(C2(c3ccc(-c4cn[nH]c4)cc3)CNCCO2)cc1. The topological polar surface area (TPSA) is 49.9 Å². The molecule has 2 aromatic carbocycles. The van der Waals surface area contributed by atoms with Gasteiger partial charge in [0.1, 0.15) is 5.60 Å². The molecule has 1 saturated heterocycles. The molecule has 0 radical (unpaired) electrons. The van der Waals surface area contributed by atoms with Gasteiger partial charge in [0.15, 0.2) is 0 Å². The van der Waals surface area contributed by atoms with Gasteiger partial charge in [-0.25, -0.2) is 0 Å². The molecule has 0 saturated carbocycles. The van der Waals surface area contributed by atoms with E-state index in [1.54, 1.807) is 0 Å². The Hall–Kier alpha value is -2.14. The molecule has 1 fully saturated rings. The van der Waals surface area contributed by atoms with E-state index in [0.717, 1.165) is 40.4 Å². The number of benzene rings is 2. The number of ether oxygens (including phenoxy) is 1. The number of hydrogen-bond acceptors (Lipinski definition) is 3. The third-order valence-corrected chi connectivity index (χ3v) is 4.75. The van der Waals surface area contributed by atoms with Crippen LogP contribution in [0.1, 0.15) is 25.0 Å². The quantitative estimate of drug-likeness (QED) is 0.708. The van der Waals surface area contributed by atoms with Crippen molar-refractivity contribution in [2.24, 2.45) is 0 Å². The lowest BCUT2D eigenvalue weighted by molar-refractivity contribution is -0.0403. The van der Waals surface area contributed by atoms with Crippen LogP contribution in [0.25, 0.3) is 11.1 Å². The summed E-state index contributed by atoms with van der Waals surface area (Å²) in [5, 5.41) is 11.0. The van der Waals surface area contributed by atoms with Gasteiger partial charge in [-0.2, -0.15) is 5.10 Å². The highest BCUT2D eigenvalue weighted by Crippen LogP contribution is 2.36. The van der Waals surface area contributed by atoms with Crippen LogP contribution in [0.15, 0.2) is 60.9 Å². The molecule has 1 aromatic heterocycles. The summed E-state index contributed by atoms with van der Waals surface area (Å²) in [6, 6.07) is 16.4. The molecule has 4 nitrogen and oxygen atoms in total. The highest BCUT2D eigenvalue weighted by atomic mass is 35.5. The Kier molecular flexibility index (Phi) is 6.09. The monoisotopic (exact) mass is 369 g/mol. The average Bonchev–Trinajstić information content (AvgIpc) is 3.26. The van der Waals surface area contributed by atoms with Gasteiger partial charge in [-0.15, -0.1) is 0 Å². The molecule has 0 bridgehead atoms. The van der Waals surface area contributed by atoms with Gasteiger partial charge >= 0.3 is 0 Å². The molecule has 2 N–H and O–H groups in total. The molecule has 2 heterocycles. The standard InChI is InChI=1S/C19H18ClN3O.C2H6/c20-18-7-5-17(6-8-18)19(13-21-9-10-24-19)16-3-1-14(2-4-16)15-11-22-23-12-15;1-2/h1-8,11-12,21H,9-10,13H2,(H,22,23);1-2H3. The Bertz CT molecular complexity index is 792.